The van der Waals surface area contributed by atoms with Crippen molar-refractivity contribution in [1.29, 1.82) is 0 Å². The Balaban J connectivity index is 1.43. The first-order valence-corrected chi connectivity index (χ1v) is 11.5. The molecule has 28 heavy (non-hydrogen) atoms. The highest BCUT2D eigenvalue weighted by Gasteiger charge is 2.58. The van der Waals surface area contributed by atoms with E-state index in [0.29, 0.717) is 11.9 Å². The summed E-state index contributed by atoms with van der Waals surface area (Å²) in [5, 5.41) is 2.14. The third kappa shape index (κ3) is 3.20. The van der Waals surface area contributed by atoms with Gasteiger partial charge in [-0.2, -0.15) is 0 Å². The number of carbonyl (C=O) groups excluding carboxylic acids is 1. The minimum atomic E-state index is -0.289. The second-order valence-electron chi connectivity index (χ2n) is 9.24. The zero-order valence-electron chi connectivity index (χ0n) is 16.9. The highest BCUT2D eigenvalue weighted by atomic mass is 32.1. The lowest BCUT2D eigenvalue weighted by Crippen LogP contribution is -2.40. The molecule has 150 valence electrons. The second-order valence-corrected chi connectivity index (χ2v) is 10.3. The standard InChI is InChI=1S/C22H30N4OS/c1-16(2)26-13-20(23-15-26)19-12-24(11-18-4-3-9-28-18)14-22(19)7-8-25(21(22)27)10-17-5-6-17/h3-4,9,13,15-17,19H,5-8,10-12,14H2,1-2H3/t19-,22-/m0/s1. The smallest absolute Gasteiger partial charge is 0.230 e. The number of thiophene rings is 1. The molecule has 6 heteroatoms. The Kier molecular flexibility index (Phi) is 4.59. The van der Waals surface area contributed by atoms with E-state index in [1.807, 2.05) is 17.7 Å². The van der Waals surface area contributed by atoms with Crippen LogP contribution in [0.2, 0.25) is 0 Å². The summed E-state index contributed by atoms with van der Waals surface area (Å²) in [6.45, 7) is 8.98. The molecule has 1 spiro atoms. The zero-order valence-corrected chi connectivity index (χ0v) is 17.7. The molecule has 0 unspecified atom stereocenters. The highest BCUT2D eigenvalue weighted by Crippen LogP contribution is 2.50. The second kappa shape index (κ2) is 6.99. The summed E-state index contributed by atoms with van der Waals surface area (Å²) in [6, 6.07) is 4.71. The molecule has 0 N–H and O–H groups in total. The number of carbonyl (C=O) groups is 1. The molecular weight excluding hydrogens is 368 g/mol. The van der Waals surface area contributed by atoms with Gasteiger partial charge in [0.2, 0.25) is 5.91 Å². The summed E-state index contributed by atoms with van der Waals surface area (Å²) < 4.78 is 2.17. The average Bonchev–Trinajstić information content (AvgIpc) is 3.09. The van der Waals surface area contributed by atoms with Gasteiger partial charge in [0, 0.05) is 55.8 Å². The minimum Gasteiger partial charge on any atom is -0.342 e. The maximum Gasteiger partial charge on any atom is 0.230 e. The van der Waals surface area contributed by atoms with Gasteiger partial charge in [-0.25, -0.2) is 4.98 Å². The molecule has 1 saturated carbocycles. The van der Waals surface area contributed by atoms with Gasteiger partial charge >= 0.3 is 0 Å². The summed E-state index contributed by atoms with van der Waals surface area (Å²) in [6.07, 6.45) is 7.69. The van der Waals surface area contributed by atoms with Crippen LogP contribution in [-0.2, 0) is 11.3 Å². The largest absolute Gasteiger partial charge is 0.342 e. The molecule has 2 aromatic heterocycles. The molecule has 2 aliphatic heterocycles. The first-order chi connectivity index (χ1) is 13.5. The number of hydrogen-bond acceptors (Lipinski definition) is 4. The van der Waals surface area contributed by atoms with Crippen LogP contribution in [0.1, 0.15) is 55.6 Å². The van der Waals surface area contributed by atoms with Crippen molar-refractivity contribution in [3.63, 3.8) is 0 Å². The van der Waals surface area contributed by atoms with E-state index < -0.39 is 0 Å². The lowest BCUT2D eigenvalue weighted by molar-refractivity contribution is -0.136. The molecule has 2 atom stereocenters. The number of likely N-dealkylation sites (tertiary alicyclic amines) is 2. The number of amides is 1. The quantitative estimate of drug-likeness (QED) is 0.744. The van der Waals surface area contributed by atoms with Gasteiger partial charge in [0.05, 0.1) is 17.4 Å². The van der Waals surface area contributed by atoms with Crippen molar-refractivity contribution >= 4 is 17.2 Å². The van der Waals surface area contributed by atoms with Gasteiger partial charge in [0.15, 0.2) is 0 Å². The van der Waals surface area contributed by atoms with Gasteiger partial charge < -0.3 is 9.47 Å². The van der Waals surface area contributed by atoms with E-state index in [0.717, 1.165) is 50.8 Å². The maximum absolute atomic E-state index is 13.6. The Morgan fingerprint density at radius 2 is 2.21 bits per heavy atom. The van der Waals surface area contributed by atoms with Gasteiger partial charge in [0.1, 0.15) is 0 Å². The molecule has 0 radical (unpaired) electrons. The van der Waals surface area contributed by atoms with Crippen molar-refractivity contribution < 1.29 is 4.79 Å². The van der Waals surface area contributed by atoms with E-state index in [4.69, 9.17) is 4.98 Å². The first kappa shape index (κ1) is 18.4. The van der Waals surface area contributed by atoms with Crippen molar-refractivity contribution in [2.75, 3.05) is 26.2 Å². The summed E-state index contributed by atoms with van der Waals surface area (Å²) in [5.74, 6) is 1.34. The molecule has 5 nitrogen and oxygen atoms in total. The summed E-state index contributed by atoms with van der Waals surface area (Å²) in [4.78, 5) is 24.4. The molecule has 1 aliphatic carbocycles. The third-order valence-electron chi connectivity index (χ3n) is 6.86. The minimum absolute atomic E-state index is 0.198. The van der Waals surface area contributed by atoms with Crippen molar-refractivity contribution in [1.82, 2.24) is 19.4 Å². The molecule has 5 rings (SSSR count). The summed E-state index contributed by atoms with van der Waals surface area (Å²) in [7, 11) is 0. The Bertz CT molecular complexity index is 841. The van der Waals surface area contributed by atoms with Gasteiger partial charge in [-0.05, 0) is 50.5 Å². The number of aromatic nitrogens is 2. The maximum atomic E-state index is 13.6. The summed E-state index contributed by atoms with van der Waals surface area (Å²) >= 11 is 1.81. The fourth-order valence-corrected chi connectivity index (χ4v) is 5.80. The van der Waals surface area contributed by atoms with Crippen molar-refractivity contribution in [2.24, 2.45) is 11.3 Å². The van der Waals surface area contributed by atoms with Gasteiger partial charge in [-0.3, -0.25) is 9.69 Å². The predicted octanol–water partition coefficient (Wildman–Crippen LogP) is 3.75. The van der Waals surface area contributed by atoms with E-state index in [1.165, 1.54) is 17.7 Å². The SMILES string of the molecule is CC(C)n1cnc([C@@H]2CN(Cc3cccs3)C[C@@]23CCN(CC2CC2)C3=O)c1. The van der Waals surface area contributed by atoms with Crippen LogP contribution in [0.15, 0.2) is 30.0 Å². The molecule has 3 aliphatic rings. The van der Waals surface area contributed by atoms with Crippen LogP contribution in [0.25, 0.3) is 0 Å². The van der Waals surface area contributed by atoms with Crippen LogP contribution in [-0.4, -0.2) is 51.4 Å². The first-order valence-electron chi connectivity index (χ1n) is 10.6. The van der Waals surface area contributed by atoms with Crippen molar-refractivity contribution in [2.45, 2.75) is 51.6 Å². The van der Waals surface area contributed by atoms with Crippen LogP contribution in [0.5, 0.6) is 0 Å². The van der Waals surface area contributed by atoms with Crippen LogP contribution in [0.4, 0.5) is 0 Å². The molecule has 2 aromatic rings. The number of imidazole rings is 1. The molecule has 0 bridgehead atoms. The van der Waals surface area contributed by atoms with E-state index in [1.54, 1.807) is 0 Å². The predicted molar refractivity (Wildman–Crippen MR) is 111 cm³/mol. The number of nitrogens with zero attached hydrogens (tertiary/aromatic N) is 4. The van der Waals surface area contributed by atoms with Crippen LogP contribution < -0.4 is 0 Å². The Hall–Kier alpha value is -1.66. The zero-order chi connectivity index (χ0) is 19.3. The molecule has 4 heterocycles. The molecule has 1 amide bonds. The lowest BCUT2D eigenvalue weighted by atomic mass is 9.75. The highest BCUT2D eigenvalue weighted by molar-refractivity contribution is 7.09. The average molecular weight is 399 g/mol. The van der Waals surface area contributed by atoms with Gasteiger partial charge in [0.25, 0.3) is 0 Å². The fourth-order valence-electron chi connectivity index (χ4n) is 5.06. The summed E-state index contributed by atoms with van der Waals surface area (Å²) in [5.41, 5.74) is 0.812. The molecule has 2 saturated heterocycles. The van der Waals surface area contributed by atoms with E-state index >= 15 is 0 Å². The Labute approximate surface area is 171 Å². The Morgan fingerprint density at radius 3 is 2.89 bits per heavy atom. The number of rotatable bonds is 6. The molecule has 0 aromatic carbocycles. The van der Waals surface area contributed by atoms with E-state index in [-0.39, 0.29) is 11.3 Å². The van der Waals surface area contributed by atoms with Crippen molar-refractivity contribution in [3.05, 3.63) is 40.6 Å². The van der Waals surface area contributed by atoms with Crippen LogP contribution in [0.3, 0.4) is 0 Å². The number of hydrogen-bond donors (Lipinski definition) is 0. The molecular formula is C22H30N4OS. The Morgan fingerprint density at radius 1 is 1.36 bits per heavy atom. The van der Waals surface area contributed by atoms with Crippen LogP contribution >= 0.6 is 11.3 Å². The fraction of sp³-hybridized carbons (Fsp3) is 0.636. The lowest BCUT2D eigenvalue weighted by Gasteiger charge is -2.28. The van der Waals surface area contributed by atoms with Gasteiger partial charge in [-0.1, -0.05) is 6.07 Å². The topological polar surface area (TPSA) is 41.4 Å². The van der Waals surface area contributed by atoms with Gasteiger partial charge in [-0.15, -0.1) is 11.3 Å². The normalized spacial score (nSPS) is 28.3. The van der Waals surface area contributed by atoms with Crippen LogP contribution in [0, 0.1) is 11.3 Å². The third-order valence-corrected chi connectivity index (χ3v) is 7.73. The van der Waals surface area contributed by atoms with Crippen molar-refractivity contribution in [3.8, 4) is 0 Å². The van der Waals surface area contributed by atoms with E-state index in [9.17, 15) is 4.79 Å². The van der Waals surface area contributed by atoms with E-state index in [2.05, 4.69) is 51.9 Å². The molecule has 3 fully saturated rings. The monoisotopic (exact) mass is 398 g/mol.